The summed E-state index contributed by atoms with van der Waals surface area (Å²) in [5.74, 6) is 0.834. The van der Waals surface area contributed by atoms with Gasteiger partial charge in [-0.05, 0) is 17.7 Å². The van der Waals surface area contributed by atoms with Gasteiger partial charge in [0.1, 0.15) is 10.7 Å². The first kappa shape index (κ1) is 16.1. The molecule has 0 atom stereocenters. The molecule has 4 rings (SSSR count). The Morgan fingerprint density at radius 1 is 0.720 bits per heavy atom. The molecule has 0 unspecified atom stereocenters. The zero-order chi connectivity index (χ0) is 17.1. The van der Waals surface area contributed by atoms with Crippen LogP contribution in [0.1, 0.15) is 5.56 Å². The molecule has 0 saturated carbocycles. The smallest absolute Gasteiger partial charge is 0.127 e. The number of hydrogen-bond donors (Lipinski definition) is 0. The summed E-state index contributed by atoms with van der Waals surface area (Å²) in [4.78, 5) is 0. The molecule has 0 bridgehead atoms. The highest BCUT2D eigenvalue weighted by Crippen LogP contribution is 2.33. The number of fused-ring (bicyclic) bond motifs is 1. The molecular weight excluding hydrogens is 348 g/mol. The van der Waals surface area contributed by atoms with E-state index in [1.54, 1.807) is 11.8 Å². The minimum absolute atomic E-state index is 0.756. The lowest BCUT2D eigenvalue weighted by atomic mass is 10.1. The normalized spacial score (nSPS) is 10.9. The number of nitrogens with zero attached hydrogens (tertiary/aromatic N) is 2. The van der Waals surface area contributed by atoms with Crippen LogP contribution in [0.5, 0.6) is 0 Å². The van der Waals surface area contributed by atoms with Crippen LogP contribution in [0.4, 0.5) is 0 Å². The average Bonchev–Trinajstić information content (AvgIpc) is 2.68. The molecule has 0 fully saturated rings. The number of hydrogen-bond acceptors (Lipinski definition) is 3. The molecule has 4 aromatic rings. The molecule has 3 aromatic carbocycles. The van der Waals surface area contributed by atoms with Gasteiger partial charge < -0.3 is 0 Å². The average molecular weight is 363 g/mol. The molecule has 0 radical (unpaired) electrons. The third-order valence-corrected chi connectivity index (χ3v) is 5.29. The van der Waals surface area contributed by atoms with E-state index in [-0.39, 0.29) is 0 Å². The van der Waals surface area contributed by atoms with Crippen molar-refractivity contribution in [2.24, 2.45) is 0 Å². The van der Waals surface area contributed by atoms with Gasteiger partial charge in [-0.1, -0.05) is 90.1 Å². The molecule has 0 N–H and O–H groups in total. The minimum atomic E-state index is 0.756. The van der Waals surface area contributed by atoms with Gasteiger partial charge in [-0.15, -0.1) is 10.2 Å². The number of thioether (sulfide) groups is 1. The first-order valence-corrected chi connectivity index (χ1v) is 9.36. The molecular formula is C21H15ClN2S. The Morgan fingerprint density at radius 3 is 2.16 bits per heavy atom. The maximum Gasteiger partial charge on any atom is 0.127 e. The van der Waals surface area contributed by atoms with Gasteiger partial charge in [-0.2, -0.15) is 0 Å². The van der Waals surface area contributed by atoms with Gasteiger partial charge in [0.2, 0.25) is 0 Å². The summed E-state index contributed by atoms with van der Waals surface area (Å²) in [6, 6.07) is 26.4. The topological polar surface area (TPSA) is 25.8 Å². The summed E-state index contributed by atoms with van der Waals surface area (Å²) >= 11 is 7.65. The standard InChI is InChI=1S/C21H15ClN2S/c22-17-12-10-15(11-13-17)14-25-21-19-9-5-4-8-18(19)20(23-24-21)16-6-2-1-3-7-16/h1-13H,14H2. The Kier molecular flexibility index (Phi) is 4.68. The molecule has 1 heterocycles. The molecule has 122 valence electrons. The van der Waals surface area contributed by atoms with E-state index in [2.05, 4.69) is 34.5 Å². The minimum Gasteiger partial charge on any atom is -0.149 e. The van der Waals surface area contributed by atoms with Crippen molar-refractivity contribution < 1.29 is 0 Å². The molecule has 0 aliphatic heterocycles. The van der Waals surface area contributed by atoms with E-state index in [9.17, 15) is 0 Å². The monoisotopic (exact) mass is 362 g/mol. The summed E-state index contributed by atoms with van der Waals surface area (Å²) in [7, 11) is 0. The zero-order valence-electron chi connectivity index (χ0n) is 13.4. The van der Waals surface area contributed by atoms with Crippen LogP contribution in [0.2, 0.25) is 5.02 Å². The van der Waals surface area contributed by atoms with Crippen molar-refractivity contribution in [2.75, 3.05) is 0 Å². The number of aromatic nitrogens is 2. The fourth-order valence-corrected chi connectivity index (χ4v) is 3.78. The van der Waals surface area contributed by atoms with E-state index in [0.29, 0.717) is 0 Å². The van der Waals surface area contributed by atoms with Gasteiger partial charge in [0.15, 0.2) is 0 Å². The second-order valence-electron chi connectivity index (χ2n) is 5.68. The molecule has 2 nitrogen and oxygen atoms in total. The second-order valence-corrected chi connectivity index (χ2v) is 7.08. The van der Waals surface area contributed by atoms with Crippen LogP contribution >= 0.6 is 23.4 Å². The molecule has 0 spiro atoms. The van der Waals surface area contributed by atoms with Crippen LogP contribution in [0.3, 0.4) is 0 Å². The summed E-state index contributed by atoms with van der Waals surface area (Å²) < 4.78 is 0. The predicted octanol–water partition coefficient (Wildman–Crippen LogP) is 6.24. The van der Waals surface area contributed by atoms with Gasteiger partial charge in [0.05, 0.1) is 0 Å². The van der Waals surface area contributed by atoms with Gasteiger partial charge in [-0.25, -0.2) is 0 Å². The molecule has 0 amide bonds. The highest BCUT2D eigenvalue weighted by molar-refractivity contribution is 7.98. The maximum atomic E-state index is 5.95. The first-order chi connectivity index (χ1) is 12.3. The molecule has 0 aliphatic rings. The van der Waals surface area contributed by atoms with Gasteiger partial charge in [-0.3, -0.25) is 0 Å². The Balaban J connectivity index is 1.70. The highest BCUT2D eigenvalue weighted by atomic mass is 35.5. The van der Waals surface area contributed by atoms with E-state index < -0.39 is 0 Å². The van der Waals surface area contributed by atoms with Crippen LogP contribution in [-0.4, -0.2) is 10.2 Å². The Bertz CT molecular complexity index is 1000. The van der Waals surface area contributed by atoms with E-state index in [1.165, 1.54) is 5.56 Å². The molecule has 0 aliphatic carbocycles. The van der Waals surface area contributed by atoms with E-state index >= 15 is 0 Å². The lowest BCUT2D eigenvalue weighted by Gasteiger charge is -2.09. The maximum absolute atomic E-state index is 5.95. The number of halogens is 1. The summed E-state index contributed by atoms with van der Waals surface area (Å²) in [5, 5.41) is 13.0. The first-order valence-electron chi connectivity index (χ1n) is 7.99. The molecule has 0 saturated heterocycles. The van der Waals surface area contributed by atoms with Crippen molar-refractivity contribution in [3.05, 3.63) is 89.4 Å². The van der Waals surface area contributed by atoms with Crippen molar-refractivity contribution >= 4 is 34.1 Å². The SMILES string of the molecule is Clc1ccc(CSc2nnc(-c3ccccc3)c3ccccc23)cc1. The fraction of sp³-hybridized carbons (Fsp3) is 0.0476. The second kappa shape index (κ2) is 7.26. The quantitative estimate of drug-likeness (QED) is 0.402. The van der Waals surface area contributed by atoms with E-state index in [0.717, 1.165) is 37.8 Å². The fourth-order valence-electron chi connectivity index (χ4n) is 2.73. The third-order valence-electron chi connectivity index (χ3n) is 3.99. The number of benzene rings is 3. The van der Waals surface area contributed by atoms with Crippen molar-refractivity contribution in [3.63, 3.8) is 0 Å². The van der Waals surface area contributed by atoms with Gasteiger partial charge >= 0.3 is 0 Å². The van der Waals surface area contributed by atoms with E-state index in [1.807, 2.05) is 54.6 Å². The van der Waals surface area contributed by atoms with Crippen LogP contribution in [0.25, 0.3) is 22.0 Å². The summed E-state index contributed by atoms with van der Waals surface area (Å²) in [5.41, 5.74) is 3.22. The summed E-state index contributed by atoms with van der Waals surface area (Å²) in [6.07, 6.45) is 0. The third kappa shape index (κ3) is 3.53. The Labute approximate surface area is 155 Å². The molecule has 25 heavy (non-hydrogen) atoms. The van der Waals surface area contributed by atoms with Gasteiger partial charge in [0, 0.05) is 27.1 Å². The zero-order valence-corrected chi connectivity index (χ0v) is 15.0. The lowest BCUT2D eigenvalue weighted by molar-refractivity contribution is 0.961. The van der Waals surface area contributed by atoms with Crippen LogP contribution < -0.4 is 0 Å². The highest BCUT2D eigenvalue weighted by Gasteiger charge is 2.11. The predicted molar refractivity (Wildman–Crippen MR) is 106 cm³/mol. The van der Waals surface area contributed by atoms with Gasteiger partial charge in [0.25, 0.3) is 0 Å². The largest absolute Gasteiger partial charge is 0.149 e. The molecule has 4 heteroatoms. The van der Waals surface area contributed by atoms with E-state index in [4.69, 9.17) is 11.6 Å². The Morgan fingerprint density at radius 2 is 1.40 bits per heavy atom. The molecule has 1 aromatic heterocycles. The van der Waals surface area contributed by atoms with Crippen molar-refractivity contribution in [3.8, 4) is 11.3 Å². The van der Waals surface area contributed by atoms with Crippen molar-refractivity contribution in [1.82, 2.24) is 10.2 Å². The van der Waals surface area contributed by atoms with Crippen LogP contribution in [0, 0.1) is 0 Å². The lowest BCUT2D eigenvalue weighted by Crippen LogP contribution is -1.94. The van der Waals surface area contributed by atoms with Crippen LogP contribution in [0.15, 0.2) is 83.9 Å². The summed E-state index contributed by atoms with van der Waals surface area (Å²) in [6.45, 7) is 0. The van der Waals surface area contributed by atoms with Crippen molar-refractivity contribution in [2.45, 2.75) is 10.8 Å². The van der Waals surface area contributed by atoms with Crippen LogP contribution in [-0.2, 0) is 5.75 Å². The number of rotatable bonds is 4. The Hall–Kier alpha value is -2.36. The van der Waals surface area contributed by atoms with Crippen molar-refractivity contribution in [1.29, 1.82) is 0 Å².